The van der Waals surface area contributed by atoms with Crippen molar-refractivity contribution >= 4 is 17.4 Å². The first-order valence-corrected chi connectivity index (χ1v) is 5.77. The second-order valence-corrected chi connectivity index (χ2v) is 3.89. The average molecular weight is 257 g/mol. The number of rotatable bonds is 3. The van der Waals surface area contributed by atoms with Crippen molar-refractivity contribution in [1.82, 2.24) is 29.8 Å². The fraction of sp³-hybridized carbons (Fsp3) is 0.182. The minimum atomic E-state index is -0.247. The zero-order valence-corrected chi connectivity index (χ0v) is 10.2. The minimum absolute atomic E-state index is 0.247. The lowest BCUT2D eigenvalue weighted by molar-refractivity contribution is 0.102. The van der Waals surface area contributed by atoms with Crippen LogP contribution in [0.1, 0.15) is 23.0 Å². The second kappa shape index (κ2) is 4.48. The molecule has 3 rings (SSSR count). The van der Waals surface area contributed by atoms with E-state index in [1.165, 1.54) is 18.7 Å². The summed E-state index contributed by atoms with van der Waals surface area (Å²) in [6.45, 7) is 1.95. The van der Waals surface area contributed by atoms with Crippen LogP contribution in [0.2, 0.25) is 0 Å². The quantitative estimate of drug-likeness (QED) is 0.717. The summed E-state index contributed by atoms with van der Waals surface area (Å²) >= 11 is 0. The summed E-state index contributed by atoms with van der Waals surface area (Å²) in [6, 6.07) is 0. The first-order chi connectivity index (χ1) is 9.29. The van der Waals surface area contributed by atoms with Crippen molar-refractivity contribution in [3.63, 3.8) is 0 Å². The Morgan fingerprint density at radius 2 is 2.32 bits per heavy atom. The van der Waals surface area contributed by atoms with Crippen molar-refractivity contribution in [2.24, 2.45) is 0 Å². The molecule has 19 heavy (non-hydrogen) atoms. The zero-order valence-electron chi connectivity index (χ0n) is 10.2. The Hall–Kier alpha value is -2.77. The van der Waals surface area contributed by atoms with Crippen LogP contribution in [0.25, 0.3) is 5.78 Å². The van der Waals surface area contributed by atoms with Crippen molar-refractivity contribution in [3.8, 4) is 0 Å². The molecule has 96 valence electrons. The summed E-state index contributed by atoms with van der Waals surface area (Å²) in [7, 11) is 0. The van der Waals surface area contributed by atoms with Crippen LogP contribution in [-0.4, -0.2) is 35.7 Å². The van der Waals surface area contributed by atoms with E-state index in [2.05, 4.69) is 30.6 Å². The number of aryl methyl sites for hydroxylation is 1. The van der Waals surface area contributed by atoms with Crippen molar-refractivity contribution in [2.45, 2.75) is 13.3 Å². The number of carbonyl (C=O) groups excluding carboxylic acids is 1. The van der Waals surface area contributed by atoms with Crippen LogP contribution in [0.4, 0.5) is 5.69 Å². The number of amides is 1. The third-order valence-corrected chi connectivity index (χ3v) is 2.74. The van der Waals surface area contributed by atoms with Crippen molar-refractivity contribution in [1.29, 1.82) is 0 Å². The van der Waals surface area contributed by atoms with Gasteiger partial charge in [-0.2, -0.15) is 15.2 Å². The van der Waals surface area contributed by atoms with E-state index in [9.17, 15) is 4.79 Å². The Morgan fingerprint density at radius 1 is 1.42 bits per heavy atom. The van der Waals surface area contributed by atoms with E-state index in [0.717, 1.165) is 5.69 Å². The number of hydrogen-bond donors (Lipinski definition) is 2. The second-order valence-electron chi connectivity index (χ2n) is 3.89. The van der Waals surface area contributed by atoms with E-state index >= 15 is 0 Å². The van der Waals surface area contributed by atoms with E-state index in [-0.39, 0.29) is 5.91 Å². The standard InChI is InChI=1S/C11H11N7O/c1-2-9-8(5-12-11-13-6-16-18(9)11)10(19)17-7-3-14-15-4-7/h3-6H,2H2,1H3,(H,14,15)(H,17,19). The molecule has 8 nitrogen and oxygen atoms in total. The Bertz CT molecular complexity index is 716. The summed E-state index contributed by atoms with van der Waals surface area (Å²) in [6.07, 6.45) is 6.71. The number of nitrogens with zero attached hydrogens (tertiary/aromatic N) is 5. The Morgan fingerprint density at radius 3 is 3.05 bits per heavy atom. The number of H-pyrrole nitrogens is 1. The van der Waals surface area contributed by atoms with Gasteiger partial charge in [0.05, 0.1) is 23.1 Å². The molecule has 0 saturated heterocycles. The molecule has 8 heteroatoms. The minimum Gasteiger partial charge on any atom is -0.319 e. The van der Waals surface area contributed by atoms with Crippen LogP contribution in [0.15, 0.2) is 24.9 Å². The van der Waals surface area contributed by atoms with Crippen LogP contribution in [0.3, 0.4) is 0 Å². The topological polar surface area (TPSA) is 101 Å². The molecule has 0 bridgehead atoms. The highest BCUT2D eigenvalue weighted by Gasteiger charge is 2.15. The molecule has 1 amide bonds. The molecule has 3 aromatic heterocycles. The van der Waals surface area contributed by atoms with Gasteiger partial charge in [0.15, 0.2) is 0 Å². The van der Waals surface area contributed by atoms with Crippen LogP contribution >= 0.6 is 0 Å². The predicted molar refractivity (Wildman–Crippen MR) is 66.7 cm³/mol. The van der Waals surface area contributed by atoms with Crippen molar-refractivity contribution in [3.05, 3.63) is 36.2 Å². The van der Waals surface area contributed by atoms with Gasteiger partial charge in [0.2, 0.25) is 0 Å². The van der Waals surface area contributed by atoms with E-state index in [4.69, 9.17) is 0 Å². The summed E-state index contributed by atoms with van der Waals surface area (Å²) in [5.41, 5.74) is 1.84. The maximum atomic E-state index is 12.2. The van der Waals surface area contributed by atoms with Crippen molar-refractivity contribution < 1.29 is 4.79 Å². The smallest absolute Gasteiger partial charge is 0.259 e. The van der Waals surface area contributed by atoms with E-state index in [0.29, 0.717) is 23.4 Å². The molecule has 0 radical (unpaired) electrons. The molecule has 0 spiro atoms. The monoisotopic (exact) mass is 257 g/mol. The molecule has 0 saturated carbocycles. The molecule has 0 aliphatic rings. The van der Waals surface area contributed by atoms with Gasteiger partial charge < -0.3 is 5.32 Å². The lowest BCUT2D eigenvalue weighted by Crippen LogP contribution is -2.17. The Balaban J connectivity index is 2.01. The fourth-order valence-corrected chi connectivity index (χ4v) is 1.87. The van der Waals surface area contributed by atoms with E-state index < -0.39 is 0 Å². The van der Waals surface area contributed by atoms with Crippen molar-refractivity contribution in [2.75, 3.05) is 5.32 Å². The van der Waals surface area contributed by atoms with Gasteiger partial charge in [0.25, 0.3) is 11.7 Å². The van der Waals surface area contributed by atoms with E-state index in [1.54, 1.807) is 10.7 Å². The summed E-state index contributed by atoms with van der Waals surface area (Å²) < 4.78 is 1.57. The number of aromatic nitrogens is 6. The van der Waals surface area contributed by atoms with Crippen LogP contribution in [-0.2, 0) is 6.42 Å². The van der Waals surface area contributed by atoms with E-state index in [1.807, 2.05) is 6.92 Å². The zero-order chi connectivity index (χ0) is 13.2. The summed E-state index contributed by atoms with van der Waals surface area (Å²) in [5, 5.41) is 13.2. The molecule has 0 fully saturated rings. The Kier molecular flexibility index (Phi) is 2.67. The van der Waals surface area contributed by atoms with Gasteiger partial charge >= 0.3 is 0 Å². The number of anilines is 1. The molecule has 0 aliphatic heterocycles. The van der Waals surface area contributed by atoms with Gasteiger partial charge in [-0.25, -0.2) is 9.50 Å². The molecule has 0 aliphatic carbocycles. The number of fused-ring (bicyclic) bond motifs is 1. The molecular formula is C11H11N7O. The van der Waals surface area contributed by atoms with Crippen LogP contribution in [0, 0.1) is 0 Å². The van der Waals surface area contributed by atoms with Gasteiger partial charge in [0, 0.05) is 12.4 Å². The van der Waals surface area contributed by atoms with Gasteiger partial charge in [-0.1, -0.05) is 6.92 Å². The molecule has 0 atom stereocenters. The lowest BCUT2D eigenvalue weighted by Gasteiger charge is -2.08. The molecule has 0 unspecified atom stereocenters. The SMILES string of the molecule is CCc1c(C(=O)Nc2cn[nH]c2)cnc2ncnn12. The average Bonchev–Trinajstić information content (AvgIpc) is 3.07. The number of aromatic amines is 1. The first-order valence-electron chi connectivity index (χ1n) is 5.77. The molecular weight excluding hydrogens is 246 g/mol. The Labute approximate surface area is 107 Å². The number of carbonyl (C=O) groups is 1. The predicted octanol–water partition coefficient (Wildman–Crippen LogP) is 0.662. The summed E-state index contributed by atoms with van der Waals surface area (Å²) in [4.78, 5) is 20.3. The summed E-state index contributed by atoms with van der Waals surface area (Å²) in [5.74, 6) is 0.236. The van der Waals surface area contributed by atoms with Gasteiger partial charge in [-0.05, 0) is 6.42 Å². The maximum absolute atomic E-state index is 12.2. The van der Waals surface area contributed by atoms with Gasteiger partial charge in [-0.15, -0.1) is 0 Å². The highest BCUT2D eigenvalue weighted by Crippen LogP contribution is 2.12. The van der Waals surface area contributed by atoms with Crippen LogP contribution in [0.5, 0.6) is 0 Å². The maximum Gasteiger partial charge on any atom is 0.259 e. The van der Waals surface area contributed by atoms with Crippen LogP contribution < -0.4 is 5.32 Å². The molecule has 3 aromatic rings. The molecule has 3 heterocycles. The largest absolute Gasteiger partial charge is 0.319 e. The molecule has 2 N–H and O–H groups in total. The fourth-order valence-electron chi connectivity index (χ4n) is 1.87. The third-order valence-electron chi connectivity index (χ3n) is 2.74. The number of hydrogen-bond acceptors (Lipinski definition) is 5. The first kappa shape index (κ1) is 11.3. The third kappa shape index (κ3) is 1.92. The lowest BCUT2D eigenvalue weighted by atomic mass is 10.2. The van der Waals surface area contributed by atoms with Gasteiger partial charge in [0.1, 0.15) is 6.33 Å². The highest BCUT2D eigenvalue weighted by atomic mass is 16.1. The highest BCUT2D eigenvalue weighted by molar-refractivity contribution is 6.04. The number of nitrogens with one attached hydrogen (secondary N) is 2. The normalized spacial score (nSPS) is 10.8. The molecule has 0 aromatic carbocycles. The van der Waals surface area contributed by atoms with Gasteiger partial charge in [-0.3, -0.25) is 9.89 Å².